The van der Waals surface area contributed by atoms with E-state index in [1.165, 1.54) is 36.0 Å². The zero-order valence-electron chi connectivity index (χ0n) is 24.5. The third kappa shape index (κ3) is 9.54. The Kier molecular flexibility index (Phi) is 11.1. The molecule has 0 saturated carbocycles. The summed E-state index contributed by atoms with van der Waals surface area (Å²) >= 11 is 1.31. The number of anilines is 2. The molecule has 0 aliphatic rings. The van der Waals surface area contributed by atoms with Gasteiger partial charge in [0.2, 0.25) is 15.9 Å². The number of methoxy groups -OCH3 is 1. The molecule has 0 bridgehead atoms. The van der Waals surface area contributed by atoms with E-state index in [4.69, 9.17) is 9.88 Å². The number of primary sulfonamides is 1. The lowest BCUT2D eigenvalue weighted by Gasteiger charge is -2.16. The van der Waals surface area contributed by atoms with Crippen LogP contribution in [0.1, 0.15) is 29.3 Å². The van der Waals surface area contributed by atoms with Gasteiger partial charge in [0.1, 0.15) is 11.4 Å². The van der Waals surface area contributed by atoms with Crippen LogP contribution in [0.5, 0.6) is 5.75 Å². The first kappa shape index (κ1) is 33.0. The average Bonchev–Trinajstić information content (AvgIpc) is 3.04. The fourth-order valence-electron chi connectivity index (χ4n) is 4.09. The van der Waals surface area contributed by atoms with Crippen molar-refractivity contribution in [2.45, 2.75) is 28.4 Å². The van der Waals surface area contributed by atoms with Gasteiger partial charge in [0.05, 0.1) is 17.3 Å². The normalized spacial score (nSPS) is 12.1. The second-order valence-electron chi connectivity index (χ2n) is 9.71. The molecule has 12 heteroatoms. The molecule has 0 aromatic heterocycles. The topological polar surface area (TPSA) is 157 Å². The summed E-state index contributed by atoms with van der Waals surface area (Å²) < 4.78 is 28.2. The number of amides is 3. The Morgan fingerprint density at radius 2 is 1.56 bits per heavy atom. The summed E-state index contributed by atoms with van der Waals surface area (Å²) in [7, 11) is -2.28. The monoisotopic (exact) mass is 644 g/mol. The summed E-state index contributed by atoms with van der Waals surface area (Å²) in [6, 6.07) is 28.2. The van der Waals surface area contributed by atoms with E-state index in [0.717, 1.165) is 4.90 Å². The maximum Gasteiger partial charge on any atom is 0.272 e. The van der Waals surface area contributed by atoms with Gasteiger partial charge < -0.3 is 20.7 Å². The van der Waals surface area contributed by atoms with E-state index in [1.807, 2.05) is 13.0 Å². The molecule has 232 valence electrons. The maximum absolute atomic E-state index is 13.5. The molecule has 3 amide bonds. The number of ether oxygens (including phenoxy) is 1. The van der Waals surface area contributed by atoms with Gasteiger partial charge in [-0.1, -0.05) is 43.3 Å². The quantitative estimate of drug-likeness (QED) is 0.121. The number of sulfonamides is 1. The fourth-order valence-corrected chi connectivity index (χ4v) is 5.62. The molecule has 4 aromatic rings. The Morgan fingerprint density at radius 3 is 2.18 bits per heavy atom. The van der Waals surface area contributed by atoms with E-state index in [2.05, 4.69) is 16.0 Å². The second kappa shape index (κ2) is 15.2. The van der Waals surface area contributed by atoms with Crippen LogP contribution in [-0.2, 0) is 19.6 Å². The van der Waals surface area contributed by atoms with Gasteiger partial charge in [-0.3, -0.25) is 14.4 Å². The van der Waals surface area contributed by atoms with Crippen molar-refractivity contribution in [3.05, 3.63) is 120 Å². The van der Waals surface area contributed by atoms with Gasteiger partial charge in [0.15, 0.2) is 0 Å². The number of carbonyl (C=O) groups excluding carboxylic acids is 3. The van der Waals surface area contributed by atoms with Crippen LogP contribution in [-0.4, -0.2) is 38.5 Å². The van der Waals surface area contributed by atoms with Crippen molar-refractivity contribution in [1.29, 1.82) is 0 Å². The molecule has 0 fully saturated rings. The number of hydrogen-bond acceptors (Lipinski definition) is 7. The maximum atomic E-state index is 13.5. The van der Waals surface area contributed by atoms with Crippen molar-refractivity contribution in [3.8, 4) is 5.75 Å². The summed E-state index contributed by atoms with van der Waals surface area (Å²) in [5.41, 5.74) is 2.00. The molecule has 4 aromatic carbocycles. The highest BCUT2D eigenvalue weighted by atomic mass is 32.2. The van der Waals surface area contributed by atoms with Gasteiger partial charge >= 0.3 is 0 Å². The average molecular weight is 645 g/mol. The summed E-state index contributed by atoms with van der Waals surface area (Å²) in [6.45, 7) is 1.87. The van der Waals surface area contributed by atoms with Gasteiger partial charge in [-0.2, -0.15) is 0 Å². The number of benzene rings is 4. The predicted molar refractivity (Wildman–Crippen MR) is 176 cm³/mol. The lowest BCUT2D eigenvalue weighted by Crippen LogP contribution is -2.30. The first-order chi connectivity index (χ1) is 21.5. The molecule has 5 N–H and O–H groups in total. The van der Waals surface area contributed by atoms with Crippen molar-refractivity contribution >= 4 is 57.0 Å². The molecule has 1 unspecified atom stereocenters. The Bertz CT molecular complexity index is 1790. The van der Waals surface area contributed by atoms with Crippen LogP contribution in [0.4, 0.5) is 11.4 Å². The fraction of sp³-hybridized carbons (Fsp3) is 0.121. The van der Waals surface area contributed by atoms with Crippen LogP contribution in [0.15, 0.2) is 119 Å². The predicted octanol–water partition coefficient (Wildman–Crippen LogP) is 5.26. The van der Waals surface area contributed by atoms with Crippen molar-refractivity contribution in [2.75, 3.05) is 17.7 Å². The number of hydrogen-bond donors (Lipinski definition) is 4. The summed E-state index contributed by atoms with van der Waals surface area (Å²) in [5.74, 6) is -0.593. The molecule has 0 heterocycles. The van der Waals surface area contributed by atoms with Gasteiger partial charge in [0.25, 0.3) is 11.8 Å². The van der Waals surface area contributed by atoms with Crippen LogP contribution in [0.3, 0.4) is 0 Å². The first-order valence-electron chi connectivity index (χ1n) is 13.8. The van der Waals surface area contributed by atoms with Crippen molar-refractivity contribution < 1.29 is 27.5 Å². The highest BCUT2D eigenvalue weighted by molar-refractivity contribution is 8.00. The summed E-state index contributed by atoms with van der Waals surface area (Å²) in [6.07, 6.45) is 2.07. The lowest BCUT2D eigenvalue weighted by atomic mass is 10.1. The molecule has 0 saturated heterocycles. The second-order valence-corrected chi connectivity index (χ2v) is 12.5. The van der Waals surface area contributed by atoms with E-state index >= 15 is 0 Å². The highest BCUT2D eigenvalue weighted by Gasteiger charge is 2.20. The standard InChI is InChI=1S/C33H32N4O6S2/c1-3-30(33(40)35-24-14-18-28(19-15-24)45(34,41)42)44-27-11-7-10-25(21-27)36-32(39)29(20-22-12-16-26(43-2)17-13-22)37-31(38)23-8-5-4-6-9-23/h4-21,30H,3H2,1-2H3,(H,35,40)(H,36,39)(H,37,38)(H2,34,41,42)/b29-20+. The number of carbonyl (C=O) groups is 3. The van der Waals surface area contributed by atoms with E-state index in [1.54, 1.807) is 86.0 Å². The lowest BCUT2D eigenvalue weighted by molar-refractivity contribution is -0.116. The molecule has 0 aliphatic heterocycles. The van der Waals surface area contributed by atoms with E-state index < -0.39 is 27.1 Å². The highest BCUT2D eigenvalue weighted by Crippen LogP contribution is 2.29. The molecule has 10 nitrogen and oxygen atoms in total. The SMILES string of the molecule is CCC(Sc1cccc(NC(=O)/C(=C\c2ccc(OC)cc2)NC(=O)c2ccccc2)c1)C(=O)Nc1ccc(S(N)(=O)=O)cc1. The van der Waals surface area contributed by atoms with Gasteiger partial charge in [-0.15, -0.1) is 11.8 Å². The molecule has 45 heavy (non-hydrogen) atoms. The molecule has 0 spiro atoms. The number of nitrogens with two attached hydrogens (primary N) is 1. The van der Waals surface area contributed by atoms with Gasteiger partial charge in [0, 0.05) is 21.8 Å². The van der Waals surface area contributed by atoms with Crippen LogP contribution in [0.2, 0.25) is 0 Å². The first-order valence-corrected chi connectivity index (χ1v) is 16.2. The summed E-state index contributed by atoms with van der Waals surface area (Å²) in [4.78, 5) is 40.1. The van der Waals surface area contributed by atoms with Crippen molar-refractivity contribution in [1.82, 2.24) is 5.32 Å². The Balaban J connectivity index is 1.48. The van der Waals surface area contributed by atoms with Gasteiger partial charge in [-0.25, -0.2) is 13.6 Å². The van der Waals surface area contributed by atoms with Crippen LogP contribution < -0.4 is 25.8 Å². The molecular weight excluding hydrogens is 613 g/mol. The zero-order chi connectivity index (χ0) is 32.4. The van der Waals surface area contributed by atoms with Crippen molar-refractivity contribution in [2.24, 2.45) is 5.14 Å². The minimum Gasteiger partial charge on any atom is -0.497 e. The molecule has 4 rings (SSSR count). The van der Waals surface area contributed by atoms with E-state index in [-0.39, 0.29) is 16.5 Å². The minimum absolute atomic E-state index is 0.0337. The Labute approximate surface area is 266 Å². The van der Waals surface area contributed by atoms with Crippen molar-refractivity contribution in [3.63, 3.8) is 0 Å². The summed E-state index contributed by atoms with van der Waals surface area (Å²) in [5, 5.41) is 13.0. The largest absolute Gasteiger partial charge is 0.497 e. The number of thioether (sulfide) groups is 1. The van der Waals surface area contributed by atoms with Crippen LogP contribution in [0, 0.1) is 0 Å². The smallest absolute Gasteiger partial charge is 0.272 e. The molecule has 1 atom stereocenters. The Morgan fingerprint density at radius 1 is 0.867 bits per heavy atom. The van der Waals surface area contributed by atoms with E-state index in [9.17, 15) is 22.8 Å². The number of nitrogens with one attached hydrogen (secondary N) is 3. The third-order valence-electron chi connectivity index (χ3n) is 6.44. The number of rotatable bonds is 12. The van der Waals surface area contributed by atoms with Crippen LogP contribution in [0.25, 0.3) is 6.08 Å². The minimum atomic E-state index is -3.84. The van der Waals surface area contributed by atoms with Gasteiger partial charge in [-0.05, 0) is 84.8 Å². The van der Waals surface area contributed by atoms with Crippen LogP contribution >= 0.6 is 11.8 Å². The zero-order valence-corrected chi connectivity index (χ0v) is 26.2. The Hall–Kier alpha value is -4.91. The molecule has 0 aliphatic carbocycles. The molecular formula is C33H32N4O6S2. The third-order valence-corrected chi connectivity index (χ3v) is 8.73. The van der Waals surface area contributed by atoms with E-state index in [0.29, 0.717) is 34.7 Å². The molecule has 0 radical (unpaired) electrons.